The fourth-order valence-electron chi connectivity index (χ4n) is 3.43. The lowest BCUT2D eigenvalue weighted by atomic mass is 10.1. The fourth-order valence-corrected chi connectivity index (χ4v) is 3.43. The van der Waals surface area contributed by atoms with Crippen LogP contribution in [0, 0.1) is 13.8 Å². The van der Waals surface area contributed by atoms with Crippen LogP contribution in [0.3, 0.4) is 0 Å². The molecule has 0 saturated heterocycles. The molecule has 1 amide bonds. The van der Waals surface area contributed by atoms with Gasteiger partial charge in [0.05, 0.1) is 18.0 Å². The first-order chi connectivity index (χ1) is 13.6. The second kappa shape index (κ2) is 7.56. The first kappa shape index (κ1) is 17.8. The number of rotatable bonds is 5. The van der Waals surface area contributed by atoms with Crippen LogP contribution in [0.5, 0.6) is 0 Å². The first-order valence-corrected chi connectivity index (χ1v) is 9.14. The van der Waals surface area contributed by atoms with Crippen molar-refractivity contribution in [2.24, 2.45) is 5.10 Å². The lowest BCUT2D eigenvalue weighted by Crippen LogP contribution is -2.17. The van der Waals surface area contributed by atoms with Crippen molar-refractivity contribution >= 4 is 23.0 Å². The number of para-hydroxylation sites is 1. The van der Waals surface area contributed by atoms with Crippen molar-refractivity contribution in [3.05, 3.63) is 95.1 Å². The molecular formula is C23H21N3O2. The molecule has 0 atom stereocenters. The lowest BCUT2D eigenvalue weighted by Gasteiger charge is -2.08. The van der Waals surface area contributed by atoms with Gasteiger partial charge in [-0.2, -0.15) is 5.10 Å². The Labute approximate surface area is 163 Å². The molecule has 0 aliphatic heterocycles. The number of hydrogen-bond acceptors (Lipinski definition) is 3. The summed E-state index contributed by atoms with van der Waals surface area (Å²) in [6, 6.07) is 20.2. The van der Waals surface area contributed by atoms with Gasteiger partial charge in [-0.25, -0.2) is 5.43 Å². The Balaban J connectivity index is 1.65. The van der Waals surface area contributed by atoms with E-state index in [4.69, 9.17) is 4.42 Å². The third-order valence-corrected chi connectivity index (χ3v) is 4.93. The number of nitrogens with zero attached hydrogens (tertiary/aromatic N) is 2. The van der Waals surface area contributed by atoms with Gasteiger partial charge in [-0.1, -0.05) is 48.5 Å². The van der Waals surface area contributed by atoms with Crippen LogP contribution in [-0.4, -0.2) is 16.7 Å². The van der Waals surface area contributed by atoms with Gasteiger partial charge in [-0.05, 0) is 31.5 Å². The smallest absolute Gasteiger partial charge is 0.274 e. The summed E-state index contributed by atoms with van der Waals surface area (Å²) in [5.41, 5.74) is 7.54. The van der Waals surface area contributed by atoms with Crippen molar-refractivity contribution in [2.45, 2.75) is 20.4 Å². The van der Waals surface area contributed by atoms with Crippen molar-refractivity contribution in [3.63, 3.8) is 0 Å². The summed E-state index contributed by atoms with van der Waals surface area (Å²) in [5, 5.41) is 5.30. The number of carbonyl (C=O) groups is 1. The summed E-state index contributed by atoms with van der Waals surface area (Å²) in [5.74, 6) is 0.288. The molecule has 2 heterocycles. The van der Waals surface area contributed by atoms with E-state index in [1.165, 1.54) is 11.8 Å². The van der Waals surface area contributed by atoms with Crippen molar-refractivity contribution < 1.29 is 9.21 Å². The molecule has 5 nitrogen and oxygen atoms in total. The van der Waals surface area contributed by atoms with Crippen LogP contribution in [0.25, 0.3) is 10.9 Å². The largest absolute Gasteiger partial charge is 0.469 e. The van der Waals surface area contributed by atoms with E-state index >= 15 is 0 Å². The van der Waals surface area contributed by atoms with Crippen LogP contribution in [0.4, 0.5) is 0 Å². The molecule has 0 radical (unpaired) electrons. The predicted octanol–water partition coefficient (Wildman–Crippen LogP) is 4.66. The average molecular weight is 371 g/mol. The van der Waals surface area contributed by atoms with Gasteiger partial charge in [-0.15, -0.1) is 0 Å². The molecule has 2 aromatic heterocycles. The van der Waals surface area contributed by atoms with Gasteiger partial charge in [0.1, 0.15) is 5.76 Å². The molecule has 4 rings (SSSR count). The summed E-state index contributed by atoms with van der Waals surface area (Å²) in [6.45, 7) is 4.61. The minimum Gasteiger partial charge on any atom is -0.469 e. The molecule has 0 aliphatic rings. The van der Waals surface area contributed by atoms with E-state index in [0.717, 1.165) is 28.7 Å². The van der Waals surface area contributed by atoms with Crippen molar-refractivity contribution in [3.8, 4) is 0 Å². The number of furan rings is 1. The van der Waals surface area contributed by atoms with Gasteiger partial charge >= 0.3 is 0 Å². The molecule has 5 heteroatoms. The average Bonchev–Trinajstić information content (AvgIpc) is 3.25. The molecule has 4 aromatic rings. The Morgan fingerprint density at radius 3 is 2.57 bits per heavy atom. The molecule has 0 bridgehead atoms. The molecule has 0 saturated carbocycles. The summed E-state index contributed by atoms with van der Waals surface area (Å²) in [7, 11) is 0. The van der Waals surface area contributed by atoms with E-state index in [1.807, 2.05) is 30.3 Å². The number of carbonyl (C=O) groups excluding carboxylic acids is 1. The number of nitrogens with one attached hydrogen (secondary N) is 1. The zero-order valence-electron chi connectivity index (χ0n) is 15.8. The molecular weight excluding hydrogens is 350 g/mol. The van der Waals surface area contributed by atoms with Crippen LogP contribution in [0.1, 0.15) is 32.9 Å². The zero-order chi connectivity index (χ0) is 19.5. The Morgan fingerprint density at radius 1 is 1.07 bits per heavy atom. The van der Waals surface area contributed by atoms with Crippen LogP contribution in [0.2, 0.25) is 0 Å². The second-order valence-corrected chi connectivity index (χ2v) is 6.68. The summed E-state index contributed by atoms with van der Waals surface area (Å²) < 4.78 is 7.44. The Bertz CT molecular complexity index is 1150. The minimum absolute atomic E-state index is 0.284. The van der Waals surface area contributed by atoms with Gasteiger partial charge in [0.15, 0.2) is 0 Å². The highest BCUT2D eigenvalue weighted by Gasteiger charge is 2.13. The molecule has 140 valence electrons. The monoisotopic (exact) mass is 371 g/mol. The Morgan fingerprint density at radius 2 is 1.82 bits per heavy atom. The normalized spacial score (nSPS) is 11.4. The van der Waals surface area contributed by atoms with Gasteiger partial charge in [-0.3, -0.25) is 4.79 Å². The SMILES string of the molecule is Cc1occc1C(=O)N/N=C\c1c(C)n(Cc2ccccc2)c2ccccc12. The number of hydrazone groups is 1. The summed E-state index contributed by atoms with van der Waals surface area (Å²) >= 11 is 0. The molecule has 0 aliphatic carbocycles. The molecule has 2 aromatic carbocycles. The molecule has 0 fully saturated rings. The van der Waals surface area contributed by atoms with Crippen LogP contribution >= 0.6 is 0 Å². The van der Waals surface area contributed by atoms with Crippen LogP contribution in [0.15, 0.2) is 76.4 Å². The maximum Gasteiger partial charge on any atom is 0.274 e. The molecule has 1 N–H and O–H groups in total. The van der Waals surface area contributed by atoms with Crippen molar-refractivity contribution in [2.75, 3.05) is 0 Å². The third kappa shape index (κ3) is 3.34. The van der Waals surface area contributed by atoms with Crippen LogP contribution < -0.4 is 5.43 Å². The predicted molar refractivity (Wildman–Crippen MR) is 111 cm³/mol. The quantitative estimate of drug-likeness (QED) is 0.410. The van der Waals surface area contributed by atoms with Gasteiger partial charge < -0.3 is 8.98 Å². The summed E-state index contributed by atoms with van der Waals surface area (Å²) in [6.07, 6.45) is 3.21. The topological polar surface area (TPSA) is 59.5 Å². The van der Waals surface area contributed by atoms with E-state index in [9.17, 15) is 4.79 Å². The number of benzene rings is 2. The number of aromatic nitrogens is 1. The standard InChI is InChI=1S/C23H21N3O2/c1-16-21(14-24-25-23(27)19-12-13-28-17(19)2)20-10-6-7-11-22(20)26(16)15-18-8-4-3-5-9-18/h3-14H,15H2,1-2H3,(H,25,27)/b24-14-. The van der Waals surface area contributed by atoms with Crippen molar-refractivity contribution in [1.29, 1.82) is 0 Å². The molecule has 28 heavy (non-hydrogen) atoms. The number of aryl methyl sites for hydroxylation is 1. The fraction of sp³-hybridized carbons (Fsp3) is 0.130. The maximum absolute atomic E-state index is 12.2. The van der Waals surface area contributed by atoms with Crippen molar-refractivity contribution in [1.82, 2.24) is 9.99 Å². The zero-order valence-corrected chi connectivity index (χ0v) is 15.8. The maximum atomic E-state index is 12.2. The highest BCUT2D eigenvalue weighted by atomic mass is 16.3. The van der Waals surface area contributed by atoms with Gasteiger partial charge in [0.2, 0.25) is 0 Å². The second-order valence-electron chi connectivity index (χ2n) is 6.68. The van der Waals surface area contributed by atoms with E-state index in [1.54, 1.807) is 19.2 Å². The Hall–Kier alpha value is -3.60. The van der Waals surface area contributed by atoms with E-state index in [0.29, 0.717) is 11.3 Å². The lowest BCUT2D eigenvalue weighted by molar-refractivity contribution is 0.0953. The summed E-state index contributed by atoms with van der Waals surface area (Å²) in [4.78, 5) is 12.2. The van der Waals surface area contributed by atoms with Gasteiger partial charge in [0.25, 0.3) is 5.91 Å². The minimum atomic E-state index is -0.284. The molecule has 0 unspecified atom stereocenters. The Kier molecular flexibility index (Phi) is 4.81. The molecule has 0 spiro atoms. The van der Waals surface area contributed by atoms with E-state index in [2.05, 4.69) is 46.3 Å². The van der Waals surface area contributed by atoms with Crippen LogP contribution in [-0.2, 0) is 6.54 Å². The highest BCUT2D eigenvalue weighted by Crippen LogP contribution is 2.25. The first-order valence-electron chi connectivity index (χ1n) is 9.14. The number of hydrogen-bond donors (Lipinski definition) is 1. The van der Waals surface area contributed by atoms with E-state index in [-0.39, 0.29) is 5.91 Å². The van der Waals surface area contributed by atoms with Gasteiger partial charge in [0, 0.05) is 28.7 Å². The highest BCUT2D eigenvalue weighted by molar-refractivity contribution is 6.02. The number of amides is 1. The third-order valence-electron chi connectivity index (χ3n) is 4.93. The number of fused-ring (bicyclic) bond motifs is 1. The van der Waals surface area contributed by atoms with E-state index < -0.39 is 0 Å².